The molecule has 0 unspecified atom stereocenters. The van der Waals surface area contributed by atoms with Crippen molar-refractivity contribution >= 4 is 17.3 Å². The van der Waals surface area contributed by atoms with E-state index in [1.807, 2.05) is 11.0 Å². The van der Waals surface area contributed by atoms with Crippen molar-refractivity contribution in [1.82, 2.24) is 9.88 Å². The Bertz CT molecular complexity index is 624. The average molecular weight is 302 g/mol. The lowest BCUT2D eigenvalue weighted by atomic mass is 10.1. The Morgan fingerprint density at radius 1 is 1.29 bits per heavy atom. The number of hydrogen-bond donors (Lipinski definition) is 1. The highest BCUT2D eigenvalue weighted by Crippen LogP contribution is 2.25. The first-order valence-corrected chi connectivity index (χ1v) is 7.98. The van der Waals surface area contributed by atoms with Crippen molar-refractivity contribution in [2.75, 3.05) is 13.1 Å². The molecule has 1 aromatic carbocycles. The number of aryl methyl sites for hydroxylation is 2. The number of carboxylic acid groups (broad SMARTS) is 1. The molecule has 0 saturated carbocycles. The van der Waals surface area contributed by atoms with Gasteiger partial charge in [-0.3, -0.25) is 9.69 Å². The van der Waals surface area contributed by atoms with Gasteiger partial charge in [0, 0.05) is 30.8 Å². The molecule has 0 fully saturated rings. The molecule has 110 valence electrons. The molecule has 0 radical (unpaired) electrons. The molecule has 5 heteroatoms. The van der Waals surface area contributed by atoms with Crippen molar-refractivity contribution in [3.8, 4) is 0 Å². The average Bonchev–Trinajstić information content (AvgIpc) is 2.88. The van der Waals surface area contributed by atoms with Gasteiger partial charge in [0.2, 0.25) is 0 Å². The van der Waals surface area contributed by atoms with Crippen LogP contribution in [-0.4, -0.2) is 34.0 Å². The number of carboxylic acids is 1. The predicted molar refractivity (Wildman–Crippen MR) is 82.6 cm³/mol. The van der Waals surface area contributed by atoms with Gasteiger partial charge in [0.05, 0.1) is 17.2 Å². The van der Waals surface area contributed by atoms with E-state index >= 15 is 0 Å². The Labute approximate surface area is 128 Å². The van der Waals surface area contributed by atoms with E-state index in [4.69, 9.17) is 10.1 Å². The first kappa shape index (κ1) is 14.2. The second-order valence-electron chi connectivity index (χ2n) is 5.32. The van der Waals surface area contributed by atoms with E-state index in [1.54, 1.807) is 11.3 Å². The Hall–Kier alpha value is -1.72. The fourth-order valence-electron chi connectivity index (χ4n) is 2.63. The van der Waals surface area contributed by atoms with Gasteiger partial charge < -0.3 is 5.11 Å². The van der Waals surface area contributed by atoms with Gasteiger partial charge in [-0.05, 0) is 12.0 Å². The topological polar surface area (TPSA) is 53.4 Å². The molecule has 2 aromatic rings. The third-order valence-corrected chi connectivity index (χ3v) is 4.83. The highest BCUT2D eigenvalue weighted by molar-refractivity contribution is 7.11. The molecule has 0 atom stereocenters. The molecule has 0 saturated heterocycles. The second-order valence-corrected chi connectivity index (χ2v) is 6.49. The van der Waals surface area contributed by atoms with Gasteiger partial charge >= 0.3 is 5.97 Å². The Kier molecular flexibility index (Phi) is 4.31. The molecule has 0 spiro atoms. The second kappa shape index (κ2) is 6.37. The molecule has 21 heavy (non-hydrogen) atoms. The lowest BCUT2D eigenvalue weighted by molar-refractivity contribution is -0.138. The van der Waals surface area contributed by atoms with Gasteiger partial charge in [0.15, 0.2) is 0 Å². The van der Waals surface area contributed by atoms with Crippen LogP contribution in [0.1, 0.15) is 21.1 Å². The molecule has 0 amide bonds. The summed E-state index contributed by atoms with van der Waals surface area (Å²) in [5.41, 5.74) is 2.50. The Balaban J connectivity index is 1.62. The van der Waals surface area contributed by atoms with Crippen LogP contribution in [0.2, 0.25) is 0 Å². The van der Waals surface area contributed by atoms with Crippen molar-refractivity contribution < 1.29 is 9.90 Å². The van der Waals surface area contributed by atoms with Crippen molar-refractivity contribution in [2.24, 2.45) is 0 Å². The predicted octanol–water partition coefficient (Wildman–Crippen LogP) is 2.37. The molecule has 2 heterocycles. The molecule has 1 aliphatic rings. The molecular weight excluding hydrogens is 284 g/mol. The summed E-state index contributed by atoms with van der Waals surface area (Å²) in [7, 11) is 0. The number of thiazole rings is 1. The zero-order chi connectivity index (χ0) is 14.7. The van der Waals surface area contributed by atoms with E-state index in [2.05, 4.69) is 24.3 Å². The van der Waals surface area contributed by atoms with Crippen LogP contribution in [0.4, 0.5) is 0 Å². The molecule has 1 N–H and O–H groups in total. The molecule has 4 nitrogen and oxygen atoms in total. The summed E-state index contributed by atoms with van der Waals surface area (Å²) in [5.74, 6) is -0.757. The minimum Gasteiger partial charge on any atom is -0.480 e. The van der Waals surface area contributed by atoms with E-state index in [1.165, 1.54) is 21.1 Å². The van der Waals surface area contributed by atoms with Crippen LogP contribution < -0.4 is 0 Å². The number of aliphatic carboxylic acids is 1. The number of benzene rings is 1. The highest BCUT2D eigenvalue weighted by Gasteiger charge is 2.21. The minimum atomic E-state index is -0.757. The quantitative estimate of drug-likeness (QED) is 0.921. The van der Waals surface area contributed by atoms with Gasteiger partial charge in [-0.15, -0.1) is 11.3 Å². The summed E-state index contributed by atoms with van der Waals surface area (Å²) >= 11 is 1.74. The lowest BCUT2D eigenvalue weighted by Crippen LogP contribution is -2.34. The molecule has 1 aliphatic heterocycles. The maximum Gasteiger partial charge on any atom is 0.317 e. The molecule has 0 bridgehead atoms. The van der Waals surface area contributed by atoms with Crippen molar-refractivity contribution in [1.29, 1.82) is 0 Å². The smallest absolute Gasteiger partial charge is 0.317 e. The van der Waals surface area contributed by atoms with Gasteiger partial charge in [0.25, 0.3) is 0 Å². The number of fused-ring (bicyclic) bond motifs is 1. The lowest BCUT2D eigenvalue weighted by Gasteiger charge is -2.23. The molecule has 3 rings (SSSR count). The number of carbonyl (C=O) groups is 1. The number of aromatic nitrogens is 1. The van der Waals surface area contributed by atoms with Gasteiger partial charge in [-0.25, -0.2) is 4.98 Å². The highest BCUT2D eigenvalue weighted by atomic mass is 32.1. The summed E-state index contributed by atoms with van der Waals surface area (Å²) in [5, 5.41) is 10.0. The third-order valence-electron chi connectivity index (χ3n) is 3.68. The first-order chi connectivity index (χ1) is 10.2. The normalized spacial score (nSPS) is 14.9. The zero-order valence-corrected chi connectivity index (χ0v) is 12.6. The van der Waals surface area contributed by atoms with Gasteiger partial charge in [0.1, 0.15) is 0 Å². The van der Waals surface area contributed by atoms with E-state index < -0.39 is 5.97 Å². The SMILES string of the molecule is O=C(O)CN1CCc2nc(CCc3ccccc3)sc2C1. The Morgan fingerprint density at radius 3 is 2.86 bits per heavy atom. The van der Waals surface area contributed by atoms with Crippen LogP contribution in [0.25, 0.3) is 0 Å². The monoisotopic (exact) mass is 302 g/mol. The minimum absolute atomic E-state index is 0.122. The summed E-state index contributed by atoms with van der Waals surface area (Å²) in [6.45, 7) is 1.64. The fraction of sp³-hybridized carbons (Fsp3) is 0.375. The van der Waals surface area contributed by atoms with Crippen molar-refractivity contribution in [3.05, 3.63) is 51.5 Å². The van der Waals surface area contributed by atoms with Crippen LogP contribution in [-0.2, 0) is 30.6 Å². The zero-order valence-electron chi connectivity index (χ0n) is 11.8. The van der Waals surface area contributed by atoms with Gasteiger partial charge in [-0.2, -0.15) is 0 Å². The molecular formula is C16H18N2O2S. The Morgan fingerprint density at radius 2 is 2.10 bits per heavy atom. The number of nitrogens with zero attached hydrogens (tertiary/aromatic N) is 2. The molecule has 0 aliphatic carbocycles. The van der Waals surface area contributed by atoms with Crippen LogP contribution in [0, 0.1) is 0 Å². The first-order valence-electron chi connectivity index (χ1n) is 7.16. The fourth-order valence-corrected chi connectivity index (χ4v) is 3.79. The van der Waals surface area contributed by atoms with Crippen LogP contribution in [0.3, 0.4) is 0 Å². The molecule has 1 aromatic heterocycles. The number of hydrogen-bond acceptors (Lipinski definition) is 4. The summed E-state index contributed by atoms with van der Waals surface area (Å²) < 4.78 is 0. The van der Waals surface area contributed by atoms with Crippen molar-refractivity contribution in [2.45, 2.75) is 25.8 Å². The van der Waals surface area contributed by atoms with Crippen LogP contribution >= 0.6 is 11.3 Å². The third kappa shape index (κ3) is 3.68. The summed E-state index contributed by atoms with van der Waals surface area (Å²) in [4.78, 5) is 18.7. The largest absolute Gasteiger partial charge is 0.480 e. The maximum absolute atomic E-state index is 10.8. The summed E-state index contributed by atoms with van der Waals surface area (Å²) in [6.07, 6.45) is 2.83. The standard InChI is InChI=1S/C16H18N2O2S/c19-16(20)11-18-9-8-13-14(10-18)21-15(17-13)7-6-12-4-2-1-3-5-12/h1-5H,6-11H2,(H,19,20). The maximum atomic E-state index is 10.8. The van der Waals surface area contributed by atoms with Crippen molar-refractivity contribution in [3.63, 3.8) is 0 Å². The van der Waals surface area contributed by atoms with Gasteiger partial charge in [-0.1, -0.05) is 30.3 Å². The number of rotatable bonds is 5. The van der Waals surface area contributed by atoms with Crippen LogP contribution in [0.5, 0.6) is 0 Å². The van der Waals surface area contributed by atoms with E-state index in [-0.39, 0.29) is 6.54 Å². The summed E-state index contributed by atoms with van der Waals surface area (Å²) in [6, 6.07) is 10.4. The van der Waals surface area contributed by atoms with E-state index in [0.29, 0.717) is 0 Å². The van der Waals surface area contributed by atoms with Crippen LogP contribution in [0.15, 0.2) is 30.3 Å². The van der Waals surface area contributed by atoms with E-state index in [9.17, 15) is 4.79 Å². The van der Waals surface area contributed by atoms with E-state index in [0.717, 1.165) is 32.4 Å².